The van der Waals surface area contributed by atoms with Gasteiger partial charge in [0.15, 0.2) is 5.82 Å². The number of rotatable bonds is 9. The van der Waals surface area contributed by atoms with Gasteiger partial charge in [-0.15, -0.1) is 11.6 Å². The van der Waals surface area contributed by atoms with Crippen molar-refractivity contribution in [3.8, 4) is 11.1 Å². The molecule has 240 valence electrons. The molecular formula is C41H39ClN6. The van der Waals surface area contributed by atoms with Gasteiger partial charge in [0.2, 0.25) is 11.9 Å². The van der Waals surface area contributed by atoms with Crippen LogP contribution in [-0.2, 0) is 11.0 Å². The van der Waals surface area contributed by atoms with Crippen LogP contribution in [0.25, 0.3) is 11.1 Å². The highest BCUT2D eigenvalue weighted by atomic mass is 35.5. The Bertz CT molecular complexity index is 2040. The third-order valence-corrected chi connectivity index (χ3v) is 9.70. The van der Waals surface area contributed by atoms with Crippen molar-refractivity contribution in [2.75, 3.05) is 10.6 Å². The van der Waals surface area contributed by atoms with E-state index in [2.05, 4.69) is 137 Å². The number of benzene rings is 5. The molecule has 1 unspecified atom stereocenters. The summed E-state index contributed by atoms with van der Waals surface area (Å²) >= 11 is 6.62. The molecular weight excluding hydrogens is 612 g/mol. The number of nitrogens with two attached hydrogens (primary N) is 1. The van der Waals surface area contributed by atoms with E-state index >= 15 is 0 Å². The number of aromatic nitrogens is 3. The number of halogens is 1. The maximum absolute atomic E-state index is 6.62. The number of aryl methyl sites for hydroxylation is 1. The summed E-state index contributed by atoms with van der Waals surface area (Å²) in [4.78, 5) is 14.0. The van der Waals surface area contributed by atoms with Crippen molar-refractivity contribution in [3.63, 3.8) is 0 Å². The predicted octanol–water partition coefficient (Wildman–Crippen LogP) is 9.91. The minimum atomic E-state index is -0.520. The number of hydrogen-bond acceptors (Lipinski definition) is 6. The third-order valence-electron chi connectivity index (χ3n) is 9.20. The molecule has 0 bridgehead atoms. The van der Waals surface area contributed by atoms with E-state index in [0.717, 1.165) is 16.9 Å². The molecule has 0 aliphatic heterocycles. The molecule has 0 amide bonds. The van der Waals surface area contributed by atoms with Crippen molar-refractivity contribution in [2.24, 2.45) is 5.73 Å². The Morgan fingerprint density at radius 2 is 1.21 bits per heavy atom. The molecule has 6 nitrogen and oxygen atoms in total. The molecule has 1 atom stereocenters. The highest BCUT2D eigenvalue weighted by Gasteiger charge is 2.46. The Morgan fingerprint density at radius 3 is 1.75 bits per heavy atom. The molecule has 0 spiro atoms. The zero-order chi connectivity index (χ0) is 33.5. The molecule has 7 heteroatoms. The number of nitrogens with zero attached hydrogens (tertiary/aromatic N) is 3. The Balaban J connectivity index is 1.32. The van der Waals surface area contributed by atoms with E-state index in [9.17, 15) is 0 Å². The van der Waals surface area contributed by atoms with Gasteiger partial charge in [0.1, 0.15) is 0 Å². The lowest BCUT2D eigenvalue weighted by molar-refractivity contribution is 0.550. The average Bonchev–Trinajstić information content (AvgIpc) is 3.39. The summed E-state index contributed by atoms with van der Waals surface area (Å²) in [5.41, 5.74) is 17.1. The molecule has 0 fully saturated rings. The summed E-state index contributed by atoms with van der Waals surface area (Å²) in [6.45, 7) is 8.29. The molecule has 1 heterocycles. The van der Waals surface area contributed by atoms with E-state index in [0.29, 0.717) is 24.1 Å². The van der Waals surface area contributed by atoms with Gasteiger partial charge in [-0.25, -0.2) is 0 Å². The van der Waals surface area contributed by atoms with Gasteiger partial charge >= 0.3 is 0 Å². The van der Waals surface area contributed by atoms with Gasteiger partial charge in [-0.1, -0.05) is 104 Å². The van der Waals surface area contributed by atoms with E-state index in [-0.39, 0.29) is 5.38 Å². The lowest BCUT2D eigenvalue weighted by Crippen LogP contribution is -2.31. The van der Waals surface area contributed by atoms with Gasteiger partial charge in [0.25, 0.3) is 0 Å². The number of anilines is 4. The van der Waals surface area contributed by atoms with Crippen LogP contribution in [0.2, 0.25) is 0 Å². The van der Waals surface area contributed by atoms with Crippen molar-refractivity contribution in [1.29, 1.82) is 0 Å². The first-order valence-electron chi connectivity index (χ1n) is 16.4. The second-order valence-electron chi connectivity index (χ2n) is 13.0. The third kappa shape index (κ3) is 5.61. The van der Waals surface area contributed by atoms with Crippen LogP contribution in [0.3, 0.4) is 0 Å². The molecule has 0 saturated heterocycles. The van der Waals surface area contributed by atoms with Gasteiger partial charge < -0.3 is 16.4 Å². The van der Waals surface area contributed by atoms with E-state index in [1.807, 2.05) is 37.3 Å². The molecule has 1 aromatic heterocycles. The zero-order valence-electron chi connectivity index (χ0n) is 27.6. The first-order chi connectivity index (χ1) is 23.2. The SMILES string of the molecule is CCC(Cl)c1nc(Nc2ccccc2)nc(Nc2ccc(C3(c4ccc(C(C)(C)N)c(C)c4)c4ccccc4-c4ccccc43)cc2)n1. The van der Waals surface area contributed by atoms with Crippen molar-refractivity contribution in [2.45, 2.75) is 50.4 Å². The maximum Gasteiger partial charge on any atom is 0.232 e. The smallest absolute Gasteiger partial charge is 0.232 e. The topological polar surface area (TPSA) is 88.8 Å². The number of nitrogens with one attached hydrogen (secondary N) is 2. The first-order valence-corrected chi connectivity index (χ1v) is 16.8. The van der Waals surface area contributed by atoms with Crippen LogP contribution in [0, 0.1) is 6.92 Å². The standard InChI is InChI=1S/C41H39ClN6/c1-5-36(42)37-46-38(44-29-13-7-6-8-14-29)48-39(47-37)45-30-22-19-27(20-23-30)41(28-21-24-33(26(2)25-28)40(3,4)43)34-17-11-9-15-31(34)32-16-10-12-18-35(32)41/h6-25,36H,5,43H2,1-4H3,(H2,44,45,46,47,48). The second-order valence-corrected chi connectivity index (χ2v) is 13.5. The monoisotopic (exact) mass is 650 g/mol. The molecule has 0 radical (unpaired) electrons. The molecule has 6 aromatic rings. The number of hydrogen-bond donors (Lipinski definition) is 3. The van der Waals surface area contributed by atoms with Gasteiger partial charge in [-0.05, 0) is 96.0 Å². The Morgan fingerprint density at radius 1 is 0.688 bits per heavy atom. The van der Waals surface area contributed by atoms with E-state index in [4.69, 9.17) is 17.3 Å². The van der Waals surface area contributed by atoms with Gasteiger partial charge in [0.05, 0.1) is 10.8 Å². The van der Waals surface area contributed by atoms with Gasteiger partial charge in [0, 0.05) is 16.9 Å². The molecule has 4 N–H and O–H groups in total. The molecule has 5 aromatic carbocycles. The quantitative estimate of drug-likeness (QED) is 0.135. The highest BCUT2D eigenvalue weighted by Crippen LogP contribution is 2.56. The van der Waals surface area contributed by atoms with E-state index in [1.165, 1.54) is 38.9 Å². The molecule has 1 aliphatic carbocycles. The van der Waals surface area contributed by atoms with Crippen LogP contribution in [0.5, 0.6) is 0 Å². The lowest BCUT2D eigenvalue weighted by atomic mass is 9.67. The van der Waals surface area contributed by atoms with Crippen LogP contribution in [0.15, 0.2) is 121 Å². The van der Waals surface area contributed by atoms with Crippen molar-refractivity contribution >= 4 is 34.9 Å². The van der Waals surface area contributed by atoms with E-state index in [1.54, 1.807) is 0 Å². The number of alkyl halides is 1. The molecule has 7 rings (SSSR count). The fraction of sp³-hybridized carbons (Fsp3) is 0.195. The first kappa shape index (κ1) is 31.6. The van der Waals surface area contributed by atoms with Crippen LogP contribution in [0.1, 0.15) is 71.8 Å². The van der Waals surface area contributed by atoms with Crippen LogP contribution < -0.4 is 16.4 Å². The summed E-state index contributed by atoms with van der Waals surface area (Å²) in [7, 11) is 0. The largest absolute Gasteiger partial charge is 0.324 e. The predicted molar refractivity (Wildman–Crippen MR) is 197 cm³/mol. The van der Waals surface area contributed by atoms with Crippen LogP contribution >= 0.6 is 11.6 Å². The summed E-state index contributed by atoms with van der Waals surface area (Å²) in [6, 6.07) is 42.7. The number of fused-ring (bicyclic) bond motifs is 3. The minimum Gasteiger partial charge on any atom is -0.324 e. The normalized spacial score (nSPS) is 13.8. The fourth-order valence-electron chi connectivity index (χ4n) is 7.05. The van der Waals surface area contributed by atoms with Gasteiger partial charge in [-0.2, -0.15) is 15.0 Å². The maximum atomic E-state index is 6.62. The summed E-state index contributed by atoms with van der Waals surface area (Å²) in [6.07, 6.45) is 0.693. The van der Waals surface area contributed by atoms with Crippen molar-refractivity contribution < 1.29 is 0 Å². The minimum absolute atomic E-state index is 0.339. The van der Waals surface area contributed by atoms with Gasteiger partial charge in [-0.3, -0.25) is 0 Å². The Labute approximate surface area is 287 Å². The molecule has 0 saturated carbocycles. The van der Waals surface area contributed by atoms with Crippen molar-refractivity contribution in [3.05, 3.63) is 161 Å². The van der Waals surface area contributed by atoms with E-state index < -0.39 is 11.0 Å². The van der Waals surface area contributed by atoms with Crippen LogP contribution in [-0.4, -0.2) is 15.0 Å². The van der Waals surface area contributed by atoms with Crippen LogP contribution in [0.4, 0.5) is 23.3 Å². The summed E-state index contributed by atoms with van der Waals surface area (Å²) in [5.74, 6) is 1.37. The molecule has 48 heavy (non-hydrogen) atoms. The second kappa shape index (κ2) is 12.5. The zero-order valence-corrected chi connectivity index (χ0v) is 28.4. The molecule has 1 aliphatic rings. The average molecular weight is 651 g/mol. The highest BCUT2D eigenvalue weighted by molar-refractivity contribution is 6.20. The Hall–Kier alpha value is -5.04. The Kier molecular flexibility index (Phi) is 8.24. The summed E-state index contributed by atoms with van der Waals surface area (Å²) < 4.78 is 0. The number of para-hydroxylation sites is 1. The fourth-order valence-corrected chi connectivity index (χ4v) is 7.15. The lowest BCUT2D eigenvalue weighted by Gasteiger charge is -2.35. The summed E-state index contributed by atoms with van der Waals surface area (Å²) in [5, 5.41) is 6.36. The van der Waals surface area contributed by atoms with Crippen molar-refractivity contribution in [1.82, 2.24) is 15.0 Å².